The largest absolute Gasteiger partial charge is 0.416 e. The molecule has 43 heavy (non-hydrogen) atoms. The van der Waals surface area contributed by atoms with E-state index in [2.05, 4.69) is 9.71 Å². The van der Waals surface area contributed by atoms with Gasteiger partial charge in [-0.25, -0.2) is 18.1 Å². The maximum atomic E-state index is 14.0. The number of hydrogen-bond acceptors (Lipinski definition) is 4. The van der Waals surface area contributed by atoms with Gasteiger partial charge in [-0.2, -0.15) is 13.2 Å². The summed E-state index contributed by atoms with van der Waals surface area (Å²) in [4.78, 5) is 19.9. The van der Waals surface area contributed by atoms with E-state index in [4.69, 9.17) is 0 Å². The zero-order valence-corrected chi connectivity index (χ0v) is 24.3. The third-order valence-corrected chi connectivity index (χ3v) is 9.85. The average molecular weight is 609 g/mol. The van der Waals surface area contributed by atoms with Crippen molar-refractivity contribution in [3.05, 3.63) is 113 Å². The summed E-state index contributed by atoms with van der Waals surface area (Å²) in [5.41, 5.74) is 2.58. The zero-order valence-electron chi connectivity index (χ0n) is 23.5. The molecule has 2 aliphatic carbocycles. The molecule has 224 valence electrons. The number of nitrogens with one attached hydrogen (secondary N) is 1. The van der Waals surface area contributed by atoms with E-state index >= 15 is 0 Å². The molecule has 1 amide bonds. The number of halogens is 3. The van der Waals surface area contributed by atoms with Crippen molar-refractivity contribution in [1.29, 1.82) is 0 Å². The number of alkyl halides is 3. The Balaban J connectivity index is 1.29. The number of carbonyl (C=O) groups excluding carboxylic acids is 1. The first kappa shape index (κ1) is 29.1. The monoisotopic (exact) mass is 608 g/mol. The van der Waals surface area contributed by atoms with Gasteiger partial charge in [0.15, 0.2) is 0 Å². The molecule has 1 saturated carbocycles. The standard InChI is InChI=1S/C32H31F3N4O3S/c1-38-17-16-36-30(38)20-39(31(40)28-19-26(28)21-6-3-2-4-7-21)24-13-10-22-8-5-9-29(27(22)18-24)37-43(41,42)25-14-11-23(12-15-25)32(33,34)35/h2-4,6-7,10-18,26,28-29,37H,5,8-9,19-20H2,1H3/t26-,28+,29?/m0/s1. The Labute approximate surface area is 248 Å². The summed E-state index contributed by atoms with van der Waals surface area (Å²) < 4.78 is 70.1. The molecule has 4 aromatic rings. The van der Waals surface area contributed by atoms with Gasteiger partial charge < -0.3 is 9.47 Å². The van der Waals surface area contributed by atoms with Crippen LogP contribution in [0.5, 0.6) is 0 Å². The van der Waals surface area contributed by atoms with Gasteiger partial charge in [-0.15, -0.1) is 0 Å². The van der Waals surface area contributed by atoms with E-state index in [1.54, 1.807) is 11.1 Å². The van der Waals surface area contributed by atoms with E-state index in [0.29, 0.717) is 17.9 Å². The fourth-order valence-corrected chi connectivity index (χ4v) is 7.13. The molecular weight excluding hydrogens is 577 g/mol. The van der Waals surface area contributed by atoms with Crippen LogP contribution in [0.1, 0.15) is 59.3 Å². The van der Waals surface area contributed by atoms with Gasteiger partial charge in [0.25, 0.3) is 0 Å². The van der Waals surface area contributed by atoms with Gasteiger partial charge in [-0.3, -0.25) is 4.79 Å². The molecular formula is C32H31F3N4O3S. The van der Waals surface area contributed by atoms with Gasteiger partial charge in [0.1, 0.15) is 5.82 Å². The van der Waals surface area contributed by atoms with Crippen molar-refractivity contribution < 1.29 is 26.4 Å². The highest BCUT2D eigenvalue weighted by Crippen LogP contribution is 2.49. The number of aryl methyl sites for hydroxylation is 2. The zero-order chi connectivity index (χ0) is 30.4. The summed E-state index contributed by atoms with van der Waals surface area (Å²) in [6, 6.07) is 18.5. The summed E-state index contributed by atoms with van der Waals surface area (Å²) in [7, 11) is -2.24. The van der Waals surface area contributed by atoms with Gasteiger partial charge in [0.2, 0.25) is 15.9 Å². The SMILES string of the molecule is Cn1ccnc1CN(C(=O)[C@@H]1C[C@H]1c1ccccc1)c1ccc2c(c1)C(NS(=O)(=O)c1ccc(C(F)(F)F)cc1)CCC2. The van der Waals surface area contributed by atoms with E-state index in [9.17, 15) is 26.4 Å². The molecule has 3 atom stereocenters. The van der Waals surface area contributed by atoms with Crippen LogP contribution in [0.4, 0.5) is 18.9 Å². The minimum absolute atomic E-state index is 0.0190. The molecule has 0 saturated heterocycles. The second-order valence-electron chi connectivity index (χ2n) is 11.2. The van der Waals surface area contributed by atoms with E-state index in [-0.39, 0.29) is 29.2 Å². The van der Waals surface area contributed by atoms with Crippen LogP contribution in [-0.4, -0.2) is 23.9 Å². The topological polar surface area (TPSA) is 84.3 Å². The van der Waals surface area contributed by atoms with Crippen LogP contribution < -0.4 is 9.62 Å². The van der Waals surface area contributed by atoms with Crippen molar-refractivity contribution in [3.63, 3.8) is 0 Å². The van der Waals surface area contributed by atoms with Crippen LogP contribution in [0.2, 0.25) is 0 Å². The fraction of sp³-hybridized carbons (Fsp3) is 0.312. The number of benzene rings is 3. The summed E-state index contributed by atoms with van der Waals surface area (Å²) in [6.45, 7) is 0.251. The summed E-state index contributed by atoms with van der Waals surface area (Å²) in [5, 5.41) is 0. The van der Waals surface area contributed by atoms with Crippen molar-refractivity contribution in [1.82, 2.24) is 14.3 Å². The first-order chi connectivity index (χ1) is 20.5. The second-order valence-corrected chi connectivity index (χ2v) is 12.9. The van der Waals surface area contributed by atoms with E-state index < -0.39 is 27.8 Å². The lowest BCUT2D eigenvalue weighted by atomic mass is 9.87. The van der Waals surface area contributed by atoms with Crippen molar-refractivity contribution in [2.45, 2.75) is 55.3 Å². The van der Waals surface area contributed by atoms with Gasteiger partial charge >= 0.3 is 6.18 Å². The number of sulfonamides is 1. The van der Waals surface area contributed by atoms with Crippen LogP contribution in [0.25, 0.3) is 0 Å². The summed E-state index contributed by atoms with van der Waals surface area (Å²) >= 11 is 0. The molecule has 1 unspecified atom stereocenters. The summed E-state index contributed by atoms with van der Waals surface area (Å²) in [6.07, 6.45) is 1.70. The van der Waals surface area contributed by atoms with Gasteiger partial charge in [0, 0.05) is 37.1 Å². The Kier molecular flexibility index (Phi) is 7.64. The molecule has 1 N–H and O–H groups in total. The highest BCUT2D eigenvalue weighted by atomic mass is 32.2. The molecule has 0 bridgehead atoms. The number of carbonyl (C=O) groups is 1. The second kappa shape index (κ2) is 11.3. The minimum atomic E-state index is -4.56. The number of imidazole rings is 1. The number of nitrogens with zero attached hydrogens (tertiary/aromatic N) is 3. The normalized spacial score (nSPS) is 20.0. The minimum Gasteiger partial charge on any atom is -0.337 e. The van der Waals surface area contributed by atoms with E-state index in [1.165, 1.54) is 0 Å². The van der Waals surface area contributed by atoms with Crippen molar-refractivity contribution >= 4 is 21.6 Å². The maximum Gasteiger partial charge on any atom is 0.416 e. The third-order valence-electron chi connectivity index (χ3n) is 8.37. The lowest BCUT2D eigenvalue weighted by molar-refractivity contribution is -0.137. The predicted octanol–water partition coefficient (Wildman–Crippen LogP) is 6.13. The maximum absolute atomic E-state index is 14.0. The molecule has 11 heteroatoms. The lowest BCUT2D eigenvalue weighted by Gasteiger charge is -2.29. The Bertz CT molecular complexity index is 1740. The number of fused-ring (bicyclic) bond motifs is 1. The van der Waals surface area contributed by atoms with Crippen LogP contribution in [0, 0.1) is 5.92 Å². The third kappa shape index (κ3) is 6.09. The fourth-order valence-electron chi connectivity index (χ4n) is 5.88. The van der Waals surface area contributed by atoms with Gasteiger partial charge in [-0.1, -0.05) is 36.4 Å². The number of amides is 1. The molecule has 2 aliphatic rings. The van der Waals surface area contributed by atoms with Crippen LogP contribution in [-0.2, 0) is 41.0 Å². The lowest BCUT2D eigenvalue weighted by Crippen LogP contribution is -2.34. The Hall–Kier alpha value is -3.96. The Morgan fingerprint density at radius 2 is 1.81 bits per heavy atom. The van der Waals surface area contributed by atoms with E-state index in [1.807, 2.05) is 66.3 Å². The van der Waals surface area contributed by atoms with Crippen LogP contribution in [0.3, 0.4) is 0 Å². The molecule has 0 aliphatic heterocycles. The molecule has 0 spiro atoms. The predicted molar refractivity (Wildman–Crippen MR) is 156 cm³/mol. The highest BCUT2D eigenvalue weighted by Gasteiger charge is 2.46. The van der Waals surface area contributed by atoms with Crippen molar-refractivity contribution in [3.8, 4) is 0 Å². The first-order valence-electron chi connectivity index (χ1n) is 14.2. The smallest absolute Gasteiger partial charge is 0.337 e. The Morgan fingerprint density at radius 1 is 1.07 bits per heavy atom. The Morgan fingerprint density at radius 3 is 2.49 bits per heavy atom. The molecule has 1 fully saturated rings. The van der Waals surface area contributed by atoms with Gasteiger partial charge in [0.05, 0.1) is 17.0 Å². The number of anilines is 1. The number of rotatable bonds is 8. The molecule has 1 aromatic heterocycles. The van der Waals surface area contributed by atoms with Gasteiger partial charge in [-0.05, 0) is 84.7 Å². The van der Waals surface area contributed by atoms with Crippen molar-refractivity contribution in [2.24, 2.45) is 13.0 Å². The molecule has 0 radical (unpaired) electrons. The van der Waals surface area contributed by atoms with E-state index in [0.717, 1.165) is 60.2 Å². The molecule has 3 aromatic carbocycles. The first-order valence-corrected chi connectivity index (χ1v) is 15.6. The quantitative estimate of drug-likeness (QED) is 0.261. The van der Waals surface area contributed by atoms with Crippen LogP contribution >= 0.6 is 0 Å². The highest BCUT2D eigenvalue weighted by molar-refractivity contribution is 7.89. The summed E-state index contributed by atoms with van der Waals surface area (Å²) in [5.74, 6) is 0.656. The molecule has 1 heterocycles. The average Bonchev–Trinajstić information content (AvgIpc) is 3.70. The number of hydrogen-bond donors (Lipinski definition) is 1. The molecule has 6 rings (SSSR count). The van der Waals surface area contributed by atoms with Crippen LogP contribution in [0.15, 0.2) is 90.1 Å². The number of aromatic nitrogens is 2. The van der Waals surface area contributed by atoms with Crippen molar-refractivity contribution in [2.75, 3.05) is 4.90 Å². The molecule has 7 nitrogen and oxygen atoms in total.